The minimum Gasteiger partial charge on any atom is -0.269 e. The number of aryl methyl sites for hydroxylation is 1. The topological polar surface area (TPSA) is 56.9 Å². The first-order valence-corrected chi connectivity index (χ1v) is 6.42. The Balaban J connectivity index is 2.57. The van der Waals surface area contributed by atoms with Gasteiger partial charge in [-0.3, -0.25) is 4.68 Å². The molecule has 0 saturated carbocycles. The number of hydrogen-bond acceptors (Lipinski definition) is 3. The van der Waals surface area contributed by atoms with Crippen LogP contribution in [0.3, 0.4) is 0 Å². The van der Waals surface area contributed by atoms with Crippen molar-refractivity contribution in [3.63, 3.8) is 0 Å². The van der Waals surface area contributed by atoms with Crippen LogP contribution in [0.5, 0.6) is 0 Å². The van der Waals surface area contributed by atoms with Gasteiger partial charge in [-0.15, -0.1) is 0 Å². The van der Waals surface area contributed by atoms with Crippen LogP contribution >= 0.6 is 0 Å². The molecule has 2 aromatic rings. The van der Waals surface area contributed by atoms with E-state index in [1.807, 2.05) is 6.92 Å². The molecule has 6 heteroatoms. The second-order valence-electron chi connectivity index (χ2n) is 3.43. The van der Waals surface area contributed by atoms with E-state index in [2.05, 4.69) is 5.10 Å². The van der Waals surface area contributed by atoms with Crippen LogP contribution in [0.15, 0.2) is 35.6 Å². The van der Waals surface area contributed by atoms with Crippen LogP contribution in [0, 0.1) is 6.92 Å². The van der Waals surface area contributed by atoms with Gasteiger partial charge >= 0.3 is 0 Å². The van der Waals surface area contributed by atoms with Gasteiger partial charge in [0.2, 0.25) is 0 Å². The van der Waals surface area contributed by atoms with Gasteiger partial charge in [0.1, 0.15) is 4.90 Å². The highest BCUT2D eigenvalue weighted by molar-refractivity contribution is 7.90. The maximum Gasteiger partial charge on any atom is 0.270 e. The summed E-state index contributed by atoms with van der Waals surface area (Å²) in [7, 11) is -3.48. The van der Waals surface area contributed by atoms with E-state index in [1.54, 1.807) is 23.7 Å². The first-order valence-electron chi connectivity index (χ1n) is 4.98. The third kappa shape index (κ3) is 1.55. The zero-order chi connectivity index (χ0) is 11.8. The summed E-state index contributed by atoms with van der Waals surface area (Å²) < 4.78 is 27.2. The Bertz CT molecular complexity index is 582. The molecule has 2 rings (SSSR count). The Kier molecular flexibility index (Phi) is 2.59. The molecule has 86 valence electrons. The van der Waals surface area contributed by atoms with Crippen LogP contribution in [-0.2, 0) is 16.6 Å². The first kappa shape index (κ1) is 10.9. The van der Waals surface area contributed by atoms with Crippen molar-refractivity contribution in [3.8, 4) is 0 Å². The van der Waals surface area contributed by atoms with Crippen molar-refractivity contribution in [1.29, 1.82) is 0 Å². The Labute approximate surface area is 94.4 Å². The average molecular weight is 239 g/mol. The highest BCUT2D eigenvalue weighted by Crippen LogP contribution is 2.17. The Hall–Kier alpha value is -1.56. The van der Waals surface area contributed by atoms with Gasteiger partial charge in [0.25, 0.3) is 10.0 Å². The molecule has 0 N–H and O–H groups in total. The summed E-state index contributed by atoms with van der Waals surface area (Å²) in [5.41, 5.74) is 0.663. The van der Waals surface area contributed by atoms with Gasteiger partial charge in [-0.25, -0.2) is 12.4 Å². The molecule has 0 atom stereocenters. The van der Waals surface area contributed by atoms with Crippen molar-refractivity contribution in [2.24, 2.45) is 0 Å². The lowest BCUT2D eigenvalue weighted by Gasteiger charge is -2.05. The van der Waals surface area contributed by atoms with Crippen molar-refractivity contribution >= 4 is 10.0 Å². The van der Waals surface area contributed by atoms with E-state index < -0.39 is 10.0 Å². The highest BCUT2D eigenvalue weighted by atomic mass is 32.2. The molecule has 2 heterocycles. The van der Waals surface area contributed by atoms with Gasteiger partial charge in [0.05, 0.1) is 11.9 Å². The summed E-state index contributed by atoms with van der Waals surface area (Å²) in [5, 5.41) is 4.03. The molecule has 0 aliphatic carbocycles. The van der Waals surface area contributed by atoms with Crippen LogP contribution in [0.2, 0.25) is 0 Å². The van der Waals surface area contributed by atoms with E-state index in [-0.39, 0.29) is 4.90 Å². The van der Waals surface area contributed by atoms with E-state index in [4.69, 9.17) is 0 Å². The number of nitrogens with zero attached hydrogens (tertiary/aromatic N) is 3. The van der Waals surface area contributed by atoms with Gasteiger partial charge in [0, 0.05) is 18.9 Å². The Morgan fingerprint density at radius 3 is 2.44 bits per heavy atom. The van der Waals surface area contributed by atoms with Crippen molar-refractivity contribution in [1.82, 2.24) is 13.8 Å². The smallest absolute Gasteiger partial charge is 0.269 e. The largest absolute Gasteiger partial charge is 0.270 e. The SMILES string of the molecule is CCn1ncc(S(=O)(=O)n2cccc2)c1C. The summed E-state index contributed by atoms with van der Waals surface area (Å²) in [6, 6.07) is 3.36. The van der Waals surface area contributed by atoms with Crippen LogP contribution in [-0.4, -0.2) is 22.2 Å². The van der Waals surface area contributed by atoms with Gasteiger partial charge < -0.3 is 0 Å². The summed E-state index contributed by atoms with van der Waals surface area (Å²) in [4.78, 5) is 0.255. The number of aromatic nitrogens is 3. The lowest BCUT2D eigenvalue weighted by molar-refractivity contribution is 0.585. The standard InChI is InChI=1S/C10H13N3O2S/c1-3-13-9(2)10(8-11-13)16(14,15)12-6-4-5-7-12/h4-8H,3H2,1-2H3. The second kappa shape index (κ2) is 3.79. The Morgan fingerprint density at radius 1 is 1.31 bits per heavy atom. The molecule has 5 nitrogen and oxygen atoms in total. The molecule has 2 aromatic heterocycles. The highest BCUT2D eigenvalue weighted by Gasteiger charge is 2.21. The average Bonchev–Trinajstić information content (AvgIpc) is 2.85. The van der Waals surface area contributed by atoms with E-state index in [0.29, 0.717) is 12.2 Å². The Morgan fingerprint density at radius 2 is 1.94 bits per heavy atom. The predicted octanol–water partition coefficient (Wildman–Crippen LogP) is 1.25. The zero-order valence-electron chi connectivity index (χ0n) is 9.16. The van der Waals surface area contributed by atoms with E-state index >= 15 is 0 Å². The van der Waals surface area contributed by atoms with Crippen LogP contribution in [0.1, 0.15) is 12.6 Å². The molecule has 0 aliphatic rings. The molecule has 0 radical (unpaired) electrons. The molecule has 0 spiro atoms. The van der Waals surface area contributed by atoms with Crippen molar-refractivity contribution in [2.45, 2.75) is 25.3 Å². The third-order valence-corrected chi connectivity index (χ3v) is 4.25. The van der Waals surface area contributed by atoms with Crippen LogP contribution in [0.25, 0.3) is 0 Å². The molecular formula is C10H13N3O2S. The predicted molar refractivity (Wildman–Crippen MR) is 59.7 cm³/mol. The molecule has 0 unspecified atom stereocenters. The molecule has 0 bridgehead atoms. The molecule has 0 amide bonds. The third-order valence-electron chi connectivity index (χ3n) is 2.49. The fourth-order valence-corrected chi connectivity index (χ4v) is 2.94. The summed E-state index contributed by atoms with van der Waals surface area (Å²) in [6.45, 7) is 4.34. The summed E-state index contributed by atoms with van der Waals surface area (Å²) in [6.07, 6.45) is 4.42. The van der Waals surface area contributed by atoms with Gasteiger partial charge in [-0.2, -0.15) is 5.10 Å². The summed E-state index contributed by atoms with van der Waals surface area (Å²) >= 11 is 0. The van der Waals surface area contributed by atoms with Crippen LogP contribution < -0.4 is 0 Å². The summed E-state index contributed by atoms with van der Waals surface area (Å²) in [5.74, 6) is 0. The van der Waals surface area contributed by atoms with Crippen molar-refractivity contribution in [2.75, 3.05) is 0 Å². The van der Waals surface area contributed by atoms with E-state index in [1.165, 1.54) is 22.6 Å². The monoisotopic (exact) mass is 239 g/mol. The van der Waals surface area contributed by atoms with E-state index in [0.717, 1.165) is 0 Å². The fraction of sp³-hybridized carbons (Fsp3) is 0.300. The van der Waals surface area contributed by atoms with Gasteiger partial charge in [0.15, 0.2) is 0 Å². The van der Waals surface area contributed by atoms with Crippen LogP contribution in [0.4, 0.5) is 0 Å². The first-order chi connectivity index (χ1) is 7.57. The fourth-order valence-electron chi connectivity index (χ4n) is 1.59. The van der Waals surface area contributed by atoms with Gasteiger partial charge in [-0.05, 0) is 26.0 Å². The number of hydrogen-bond donors (Lipinski definition) is 0. The molecule has 0 saturated heterocycles. The van der Waals surface area contributed by atoms with E-state index in [9.17, 15) is 8.42 Å². The zero-order valence-corrected chi connectivity index (χ0v) is 9.98. The quantitative estimate of drug-likeness (QED) is 0.810. The molecule has 0 aromatic carbocycles. The maximum atomic E-state index is 12.2. The second-order valence-corrected chi connectivity index (χ2v) is 5.24. The molecule has 0 aliphatic heterocycles. The van der Waals surface area contributed by atoms with Gasteiger partial charge in [-0.1, -0.05) is 0 Å². The maximum absolute atomic E-state index is 12.2. The lowest BCUT2D eigenvalue weighted by Crippen LogP contribution is -2.12. The minimum absolute atomic E-state index is 0.255. The lowest BCUT2D eigenvalue weighted by atomic mass is 10.5. The minimum atomic E-state index is -3.48. The normalized spacial score (nSPS) is 11.9. The molecule has 16 heavy (non-hydrogen) atoms. The number of rotatable bonds is 3. The van der Waals surface area contributed by atoms with Crippen molar-refractivity contribution < 1.29 is 8.42 Å². The van der Waals surface area contributed by atoms with Crippen molar-refractivity contribution in [3.05, 3.63) is 36.4 Å². The molecular weight excluding hydrogens is 226 g/mol. The molecule has 0 fully saturated rings.